The minimum Gasteiger partial charge on any atom is -0.396 e. The molecule has 0 bridgehead atoms. The van der Waals surface area contributed by atoms with Crippen molar-refractivity contribution in [2.24, 2.45) is 5.92 Å². The smallest absolute Gasteiger partial charge is 0.0491 e. The molecule has 0 radical (unpaired) electrons. The van der Waals surface area contributed by atoms with Crippen molar-refractivity contribution in [1.29, 1.82) is 0 Å². The SMILES string of the molecule is CCC[C@@](C)(/C=C/[C@@H](C)CO)c1ccccc1. The highest BCUT2D eigenvalue weighted by Gasteiger charge is 2.22. The molecule has 1 nitrogen and oxygen atoms in total. The summed E-state index contributed by atoms with van der Waals surface area (Å²) in [5.41, 5.74) is 1.43. The molecule has 17 heavy (non-hydrogen) atoms. The summed E-state index contributed by atoms with van der Waals surface area (Å²) >= 11 is 0. The molecule has 0 aliphatic carbocycles. The molecule has 0 aliphatic rings. The van der Waals surface area contributed by atoms with Crippen LogP contribution in [0.5, 0.6) is 0 Å². The molecule has 0 saturated heterocycles. The Labute approximate surface area is 105 Å². The van der Waals surface area contributed by atoms with E-state index in [9.17, 15) is 0 Å². The fourth-order valence-electron chi connectivity index (χ4n) is 2.10. The maximum absolute atomic E-state index is 9.08. The number of hydrogen-bond donors (Lipinski definition) is 1. The fraction of sp³-hybridized carbons (Fsp3) is 0.500. The van der Waals surface area contributed by atoms with Gasteiger partial charge in [0.15, 0.2) is 0 Å². The van der Waals surface area contributed by atoms with Gasteiger partial charge in [-0.3, -0.25) is 0 Å². The van der Waals surface area contributed by atoms with E-state index in [4.69, 9.17) is 5.11 Å². The van der Waals surface area contributed by atoms with Gasteiger partial charge in [-0.1, -0.05) is 69.7 Å². The first kappa shape index (κ1) is 14.0. The molecule has 2 atom stereocenters. The summed E-state index contributed by atoms with van der Waals surface area (Å²) in [5.74, 6) is 0.231. The van der Waals surface area contributed by atoms with Crippen LogP contribution in [0, 0.1) is 5.92 Å². The Kier molecular flexibility index (Phi) is 5.43. The quantitative estimate of drug-likeness (QED) is 0.737. The van der Waals surface area contributed by atoms with Gasteiger partial charge < -0.3 is 5.11 Å². The summed E-state index contributed by atoms with van der Waals surface area (Å²) in [6.07, 6.45) is 6.67. The number of hydrogen-bond acceptors (Lipinski definition) is 1. The molecule has 0 amide bonds. The molecule has 0 aromatic heterocycles. The Morgan fingerprint density at radius 1 is 1.29 bits per heavy atom. The van der Waals surface area contributed by atoms with Crippen LogP contribution in [0.25, 0.3) is 0 Å². The van der Waals surface area contributed by atoms with Crippen LogP contribution in [0.3, 0.4) is 0 Å². The molecule has 0 unspecified atom stereocenters. The number of allylic oxidation sites excluding steroid dienone is 1. The molecule has 0 saturated carbocycles. The molecule has 1 aromatic carbocycles. The van der Waals surface area contributed by atoms with Crippen LogP contribution in [0.15, 0.2) is 42.5 Å². The van der Waals surface area contributed by atoms with Crippen molar-refractivity contribution in [2.45, 2.75) is 39.0 Å². The van der Waals surface area contributed by atoms with Gasteiger partial charge in [0.1, 0.15) is 0 Å². The van der Waals surface area contributed by atoms with E-state index < -0.39 is 0 Å². The van der Waals surface area contributed by atoms with E-state index in [1.54, 1.807) is 0 Å². The van der Waals surface area contributed by atoms with Gasteiger partial charge in [0.2, 0.25) is 0 Å². The zero-order valence-electron chi connectivity index (χ0n) is 11.2. The van der Waals surface area contributed by atoms with E-state index >= 15 is 0 Å². The van der Waals surface area contributed by atoms with Crippen molar-refractivity contribution in [2.75, 3.05) is 6.61 Å². The molecule has 0 heterocycles. The Hall–Kier alpha value is -1.08. The van der Waals surface area contributed by atoms with Crippen LogP contribution in [0.4, 0.5) is 0 Å². The van der Waals surface area contributed by atoms with Crippen molar-refractivity contribution in [3.63, 3.8) is 0 Å². The summed E-state index contributed by atoms with van der Waals surface area (Å²) in [6.45, 7) is 6.73. The van der Waals surface area contributed by atoms with Gasteiger partial charge in [0.05, 0.1) is 0 Å². The van der Waals surface area contributed by atoms with Gasteiger partial charge in [0.25, 0.3) is 0 Å². The van der Waals surface area contributed by atoms with Crippen molar-refractivity contribution in [3.05, 3.63) is 48.0 Å². The number of benzene rings is 1. The standard InChI is InChI=1S/C16H24O/c1-4-11-16(3,12-10-14(2)13-17)15-8-6-5-7-9-15/h5-10,12,14,17H,4,11,13H2,1-3H3/b12-10+/t14-,16+/m1/s1. The molecule has 0 fully saturated rings. The van der Waals surface area contributed by atoms with Crippen molar-refractivity contribution in [1.82, 2.24) is 0 Å². The van der Waals surface area contributed by atoms with Crippen molar-refractivity contribution in [3.8, 4) is 0 Å². The largest absolute Gasteiger partial charge is 0.396 e. The second kappa shape index (κ2) is 6.61. The first-order valence-electron chi connectivity index (χ1n) is 6.48. The predicted molar refractivity (Wildman–Crippen MR) is 74.1 cm³/mol. The third kappa shape index (κ3) is 4.01. The summed E-state index contributed by atoms with van der Waals surface area (Å²) in [7, 11) is 0. The van der Waals surface area contributed by atoms with Gasteiger partial charge in [-0.15, -0.1) is 0 Å². The normalized spacial score (nSPS) is 16.9. The zero-order chi connectivity index (χ0) is 12.7. The van der Waals surface area contributed by atoms with Crippen LogP contribution in [0.1, 0.15) is 39.2 Å². The molecule has 1 aromatic rings. The second-order valence-electron chi connectivity index (χ2n) is 5.05. The molecular weight excluding hydrogens is 208 g/mol. The Balaban J connectivity index is 2.93. The first-order valence-corrected chi connectivity index (χ1v) is 6.48. The van der Waals surface area contributed by atoms with Gasteiger partial charge in [-0.25, -0.2) is 0 Å². The maximum Gasteiger partial charge on any atom is 0.0491 e. The zero-order valence-corrected chi connectivity index (χ0v) is 11.2. The minimum absolute atomic E-state index is 0.0828. The Bertz CT molecular complexity index is 342. The molecule has 0 spiro atoms. The van der Waals surface area contributed by atoms with Gasteiger partial charge in [-0.05, 0) is 17.9 Å². The van der Waals surface area contributed by atoms with E-state index in [1.807, 2.05) is 6.92 Å². The van der Waals surface area contributed by atoms with Crippen LogP contribution in [-0.4, -0.2) is 11.7 Å². The average Bonchev–Trinajstić information content (AvgIpc) is 2.37. The number of aliphatic hydroxyl groups is 1. The number of rotatable bonds is 6. The molecule has 0 aliphatic heterocycles. The summed E-state index contributed by atoms with van der Waals surface area (Å²) in [4.78, 5) is 0. The van der Waals surface area contributed by atoms with E-state index in [-0.39, 0.29) is 17.9 Å². The minimum atomic E-state index is 0.0828. The highest BCUT2D eigenvalue weighted by atomic mass is 16.3. The van der Waals surface area contributed by atoms with Gasteiger partial charge in [0, 0.05) is 12.0 Å². The molecular formula is C16H24O. The second-order valence-corrected chi connectivity index (χ2v) is 5.05. The van der Waals surface area contributed by atoms with Crippen LogP contribution in [0.2, 0.25) is 0 Å². The van der Waals surface area contributed by atoms with Crippen LogP contribution < -0.4 is 0 Å². The first-order chi connectivity index (χ1) is 8.12. The highest BCUT2D eigenvalue weighted by molar-refractivity contribution is 5.29. The van der Waals surface area contributed by atoms with Crippen molar-refractivity contribution >= 4 is 0 Å². The van der Waals surface area contributed by atoms with Gasteiger partial charge in [-0.2, -0.15) is 0 Å². The lowest BCUT2D eigenvalue weighted by Gasteiger charge is -2.26. The van der Waals surface area contributed by atoms with Gasteiger partial charge >= 0.3 is 0 Å². The lowest BCUT2D eigenvalue weighted by Crippen LogP contribution is -2.19. The third-order valence-corrected chi connectivity index (χ3v) is 3.28. The maximum atomic E-state index is 9.08. The highest BCUT2D eigenvalue weighted by Crippen LogP contribution is 2.30. The fourth-order valence-corrected chi connectivity index (χ4v) is 2.10. The molecule has 94 valence electrons. The summed E-state index contributed by atoms with van der Waals surface area (Å²) in [5, 5.41) is 9.08. The topological polar surface area (TPSA) is 20.2 Å². The Morgan fingerprint density at radius 2 is 1.94 bits per heavy atom. The number of aliphatic hydroxyl groups excluding tert-OH is 1. The van der Waals surface area contributed by atoms with Crippen LogP contribution >= 0.6 is 0 Å². The van der Waals surface area contributed by atoms with Crippen LogP contribution in [-0.2, 0) is 5.41 Å². The molecule has 1 N–H and O–H groups in total. The monoisotopic (exact) mass is 232 g/mol. The lowest BCUT2D eigenvalue weighted by molar-refractivity contribution is 0.261. The Morgan fingerprint density at radius 3 is 2.47 bits per heavy atom. The van der Waals surface area contributed by atoms with E-state index in [2.05, 4.69) is 56.3 Å². The van der Waals surface area contributed by atoms with E-state index in [0.29, 0.717) is 0 Å². The average molecular weight is 232 g/mol. The van der Waals surface area contributed by atoms with E-state index in [1.165, 1.54) is 5.56 Å². The third-order valence-electron chi connectivity index (χ3n) is 3.28. The molecule has 1 rings (SSSR count). The van der Waals surface area contributed by atoms with E-state index in [0.717, 1.165) is 12.8 Å². The summed E-state index contributed by atoms with van der Waals surface area (Å²) in [6, 6.07) is 10.6. The lowest BCUT2D eigenvalue weighted by atomic mass is 9.78. The predicted octanol–water partition coefficient (Wildman–Crippen LogP) is 3.93. The summed E-state index contributed by atoms with van der Waals surface area (Å²) < 4.78 is 0. The molecule has 1 heteroatoms. The van der Waals surface area contributed by atoms with Crippen molar-refractivity contribution < 1.29 is 5.11 Å².